The van der Waals surface area contributed by atoms with Crippen molar-refractivity contribution in [2.24, 2.45) is 0 Å². The van der Waals surface area contributed by atoms with Gasteiger partial charge in [0.15, 0.2) is 0 Å². The number of hydrogen-bond acceptors (Lipinski definition) is 3. The maximum Gasteiger partial charge on any atom is 0.495 e. The molecule has 1 fully saturated rings. The van der Waals surface area contributed by atoms with Gasteiger partial charge in [-0.3, -0.25) is 0 Å². The zero-order chi connectivity index (χ0) is 13.6. The van der Waals surface area contributed by atoms with E-state index >= 15 is 0 Å². The highest BCUT2D eigenvalue weighted by atomic mass is 32.1. The van der Waals surface area contributed by atoms with E-state index in [0.717, 1.165) is 5.46 Å². The van der Waals surface area contributed by atoms with Crippen LogP contribution in [-0.2, 0) is 9.31 Å². The van der Waals surface area contributed by atoms with E-state index < -0.39 is 0 Å². The van der Waals surface area contributed by atoms with Crippen LogP contribution in [0.5, 0.6) is 0 Å². The van der Waals surface area contributed by atoms with Crippen LogP contribution in [0, 0.1) is 0 Å². The molecule has 0 aliphatic carbocycles. The lowest BCUT2D eigenvalue weighted by Gasteiger charge is -2.32. The molecule has 0 N–H and O–H groups in total. The van der Waals surface area contributed by atoms with Crippen LogP contribution in [0.4, 0.5) is 0 Å². The Morgan fingerprint density at radius 3 is 2.28 bits per heavy atom. The highest BCUT2D eigenvalue weighted by Crippen LogP contribution is 2.37. The van der Waals surface area contributed by atoms with Crippen molar-refractivity contribution in [2.75, 3.05) is 0 Å². The smallest absolute Gasteiger partial charge is 0.399 e. The molecule has 1 atom stereocenters. The van der Waals surface area contributed by atoms with Crippen molar-refractivity contribution < 1.29 is 9.31 Å². The number of rotatable bonds is 3. The molecule has 1 unspecified atom stereocenters. The molecule has 1 aliphatic heterocycles. The van der Waals surface area contributed by atoms with Gasteiger partial charge in [0.2, 0.25) is 0 Å². The van der Waals surface area contributed by atoms with Crippen LogP contribution in [0.3, 0.4) is 0 Å². The third-order valence-corrected chi connectivity index (χ3v) is 5.45. The summed E-state index contributed by atoms with van der Waals surface area (Å²) in [7, 11) is -0.218. The maximum absolute atomic E-state index is 6.06. The topological polar surface area (TPSA) is 18.5 Å². The van der Waals surface area contributed by atoms with Gasteiger partial charge in [-0.1, -0.05) is 13.8 Å². The third kappa shape index (κ3) is 2.38. The number of hydrogen-bond donors (Lipinski definition) is 0. The van der Waals surface area contributed by atoms with Crippen molar-refractivity contribution in [1.82, 2.24) is 0 Å². The lowest BCUT2D eigenvalue weighted by Crippen LogP contribution is -2.41. The molecule has 1 aromatic heterocycles. The summed E-state index contributed by atoms with van der Waals surface area (Å²) in [6.07, 6.45) is 1.17. The SMILES string of the molecule is CCC(C)c1cc(B2OC(C)(C)C(C)(C)O2)cs1. The summed E-state index contributed by atoms with van der Waals surface area (Å²) in [6, 6.07) is 2.24. The van der Waals surface area contributed by atoms with Gasteiger partial charge in [0.25, 0.3) is 0 Å². The fraction of sp³-hybridized carbons (Fsp3) is 0.714. The maximum atomic E-state index is 6.06. The predicted octanol–water partition coefficient (Wildman–Crippen LogP) is 3.56. The molecule has 4 heteroatoms. The second-order valence-electron chi connectivity index (χ2n) is 6.18. The normalized spacial score (nSPS) is 23.3. The van der Waals surface area contributed by atoms with E-state index in [1.807, 2.05) is 11.3 Å². The first-order valence-corrected chi connectivity index (χ1v) is 7.59. The van der Waals surface area contributed by atoms with Crippen molar-refractivity contribution in [1.29, 1.82) is 0 Å². The van der Waals surface area contributed by atoms with Gasteiger partial charge in [-0.25, -0.2) is 0 Å². The summed E-state index contributed by atoms with van der Waals surface area (Å²) in [5, 5.41) is 2.17. The summed E-state index contributed by atoms with van der Waals surface area (Å²) in [6.45, 7) is 12.9. The van der Waals surface area contributed by atoms with E-state index in [4.69, 9.17) is 9.31 Å². The minimum atomic E-state index is -0.254. The second-order valence-corrected chi connectivity index (χ2v) is 7.12. The first kappa shape index (κ1) is 14.1. The molecule has 0 radical (unpaired) electrons. The van der Waals surface area contributed by atoms with Crippen LogP contribution in [0.25, 0.3) is 0 Å². The van der Waals surface area contributed by atoms with E-state index in [1.54, 1.807) is 0 Å². The lowest BCUT2D eigenvalue weighted by molar-refractivity contribution is 0.00578. The van der Waals surface area contributed by atoms with E-state index in [2.05, 4.69) is 53.0 Å². The summed E-state index contributed by atoms with van der Waals surface area (Å²) in [5.74, 6) is 0.617. The van der Waals surface area contributed by atoms with Crippen molar-refractivity contribution >= 4 is 23.9 Å². The van der Waals surface area contributed by atoms with Crippen LogP contribution >= 0.6 is 11.3 Å². The highest BCUT2D eigenvalue weighted by Gasteiger charge is 2.51. The molecule has 18 heavy (non-hydrogen) atoms. The fourth-order valence-corrected chi connectivity index (χ4v) is 2.99. The molecule has 0 bridgehead atoms. The Hall–Kier alpha value is -0.315. The van der Waals surface area contributed by atoms with Crippen LogP contribution in [0.1, 0.15) is 58.8 Å². The largest absolute Gasteiger partial charge is 0.495 e. The van der Waals surface area contributed by atoms with Gasteiger partial charge in [-0.05, 0) is 56.9 Å². The molecule has 0 amide bonds. The quantitative estimate of drug-likeness (QED) is 0.779. The molecule has 0 spiro atoms. The van der Waals surface area contributed by atoms with Gasteiger partial charge in [0.05, 0.1) is 11.2 Å². The lowest BCUT2D eigenvalue weighted by atomic mass is 9.81. The average Bonchev–Trinajstić information content (AvgIpc) is 2.82. The van der Waals surface area contributed by atoms with E-state index in [-0.39, 0.29) is 18.3 Å². The molecule has 100 valence electrons. The molecule has 2 rings (SSSR count). The molecule has 1 aromatic rings. The van der Waals surface area contributed by atoms with Crippen molar-refractivity contribution in [2.45, 2.75) is 65.1 Å². The predicted molar refractivity (Wildman–Crippen MR) is 78.7 cm³/mol. The third-order valence-electron chi connectivity index (χ3n) is 4.26. The van der Waals surface area contributed by atoms with Crippen molar-refractivity contribution in [3.8, 4) is 0 Å². The fourth-order valence-electron chi connectivity index (χ4n) is 1.93. The molecule has 2 heterocycles. The Labute approximate surface area is 115 Å². The monoisotopic (exact) mass is 266 g/mol. The number of thiophene rings is 1. The molecule has 2 nitrogen and oxygen atoms in total. The Morgan fingerprint density at radius 1 is 1.22 bits per heavy atom. The van der Waals surface area contributed by atoms with Crippen LogP contribution in [-0.4, -0.2) is 18.3 Å². The summed E-state index contributed by atoms with van der Waals surface area (Å²) >= 11 is 1.81. The van der Waals surface area contributed by atoms with E-state index in [0.29, 0.717) is 5.92 Å². The summed E-state index contributed by atoms with van der Waals surface area (Å²) in [4.78, 5) is 1.42. The first-order valence-electron chi connectivity index (χ1n) is 6.71. The highest BCUT2D eigenvalue weighted by molar-refractivity contribution is 7.11. The minimum absolute atomic E-state index is 0.218. The molecule has 1 aliphatic rings. The minimum Gasteiger partial charge on any atom is -0.399 e. The molecular formula is C14H23BO2S. The van der Waals surface area contributed by atoms with Crippen molar-refractivity contribution in [3.63, 3.8) is 0 Å². The van der Waals surface area contributed by atoms with Crippen molar-refractivity contribution in [3.05, 3.63) is 16.3 Å². The summed E-state index contributed by atoms with van der Waals surface area (Å²) in [5.41, 5.74) is 0.653. The Balaban J connectivity index is 2.17. The Bertz CT molecular complexity index is 409. The molecule has 0 aromatic carbocycles. The second kappa shape index (κ2) is 4.66. The molecule has 0 saturated carbocycles. The Morgan fingerprint density at radius 2 is 1.78 bits per heavy atom. The molecular weight excluding hydrogens is 243 g/mol. The van der Waals surface area contributed by atoms with Gasteiger partial charge >= 0.3 is 7.12 Å². The van der Waals surface area contributed by atoms with E-state index in [1.165, 1.54) is 11.3 Å². The van der Waals surface area contributed by atoms with Gasteiger partial charge < -0.3 is 9.31 Å². The van der Waals surface area contributed by atoms with E-state index in [9.17, 15) is 0 Å². The van der Waals surface area contributed by atoms with Gasteiger partial charge in [-0.2, -0.15) is 0 Å². The van der Waals surface area contributed by atoms with Gasteiger partial charge in [0.1, 0.15) is 0 Å². The van der Waals surface area contributed by atoms with Gasteiger partial charge in [-0.15, -0.1) is 11.3 Å². The zero-order valence-corrected chi connectivity index (χ0v) is 13.1. The molecule has 1 saturated heterocycles. The van der Waals surface area contributed by atoms with Gasteiger partial charge in [0, 0.05) is 4.88 Å². The van der Waals surface area contributed by atoms with Crippen LogP contribution < -0.4 is 5.46 Å². The standard InChI is InChI=1S/C14H23BO2S/c1-7-10(2)12-8-11(9-18-12)15-16-13(3,4)14(5,6)17-15/h8-10H,7H2,1-6H3. The first-order chi connectivity index (χ1) is 8.27. The zero-order valence-electron chi connectivity index (χ0n) is 12.2. The van der Waals surface area contributed by atoms with Crippen LogP contribution in [0.2, 0.25) is 0 Å². The summed E-state index contributed by atoms with van der Waals surface area (Å²) < 4.78 is 12.1. The van der Waals surface area contributed by atoms with Crippen LogP contribution in [0.15, 0.2) is 11.4 Å². The Kier molecular flexibility index (Phi) is 3.65. The average molecular weight is 266 g/mol.